The summed E-state index contributed by atoms with van der Waals surface area (Å²) in [6.45, 7) is 1.40. The van der Waals surface area contributed by atoms with Crippen LogP contribution in [0.2, 0.25) is 0 Å². The number of nitrogens with zero attached hydrogens (tertiary/aromatic N) is 2. The summed E-state index contributed by atoms with van der Waals surface area (Å²) in [5.41, 5.74) is 0.644. The van der Waals surface area contributed by atoms with Crippen molar-refractivity contribution in [1.82, 2.24) is 10.2 Å². The van der Waals surface area contributed by atoms with E-state index in [1.807, 2.05) is 25.1 Å². The molecule has 20 heavy (non-hydrogen) atoms. The third kappa shape index (κ3) is 5.55. The lowest BCUT2D eigenvalue weighted by Gasteiger charge is -2.09. The summed E-state index contributed by atoms with van der Waals surface area (Å²) in [5.74, 6) is -0.294. The highest BCUT2D eigenvalue weighted by Crippen LogP contribution is 2.13. The van der Waals surface area contributed by atoms with E-state index in [2.05, 4.69) is 5.32 Å². The zero-order valence-corrected chi connectivity index (χ0v) is 11.8. The van der Waals surface area contributed by atoms with Gasteiger partial charge in [0.25, 0.3) is 5.91 Å². The number of phenolic OH excluding ortho intramolecular Hbond substituents is 1. The molecule has 1 rings (SSSR count). The van der Waals surface area contributed by atoms with Gasteiger partial charge in [0.05, 0.1) is 0 Å². The molecule has 0 saturated carbocycles. The first-order valence-corrected chi connectivity index (χ1v) is 6.36. The van der Waals surface area contributed by atoms with Crippen LogP contribution in [0.25, 0.3) is 6.08 Å². The zero-order chi connectivity index (χ0) is 15.0. The van der Waals surface area contributed by atoms with Crippen molar-refractivity contribution in [3.05, 3.63) is 35.4 Å². The highest BCUT2D eigenvalue weighted by atomic mass is 16.3. The van der Waals surface area contributed by atoms with E-state index in [0.29, 0.717) is 12.1 Å². The van der Waals surface area contributed by atoms with Crippen LogP contribution >= 0.6 is 0 Å². The number of hydrogen-bond acceptors (Lipinski definition) is 4. The van der Waals surface area contributed by atoms with Gasteiger partial charge in [0.15, 0.2) is 0 Å². The Bertz CT molecular complexity index is 530. The third-order valence-electron chi connectivity index (χ3n) is 2.61. The first-order valence-electron chi connectivity index (χ1n) is 6.36. The second-order valence-electron chi connectivity index (χ2n) is 4.68. The Labute approximate surface area is 119 Å². The molecule has 1 aromatic rings. The van der Waals surface area contributed by atoms with Crippen LogP contribution < -0.4 is 5.32 Å². The van der Waals surface area contributed by atoms with E-state index in [1.165, 1.54) is 18.2 Å². The van der Waals surface area contributed by atoms with E-state index in [9.17, 15) is 9.90 Å². The van der Waals surface area contributed by atoms with E-state index in [0.717, 1.165) is 13.0 Å². The number of carbonyl (C=O) groups excluding carboxylic acids is 1. The minimum atomic E-state index is -0.394. The molecule has 0 saturated heterocycles. The summed E-state index contributed by atoms with van der Waals surface area (Å²) < 4.78 is 0. The van der Waals surface area contributed by atoms with Gasteiger partial charge in [-0.1, -0.05) is 12.1 Å². The number of phenols is 1. The van der Waals surface area contributed by atoms with Crippen molar-refractivity contribution >= 4 is 12.0 Å². The van der Waals surface area contributed by atoms with Crippen molar-refractivity contribution in [1.29, 1.82) is 5.26 Å². The van der Waals surface area contributed by atoms with Crippen molar-refractivity contribution < 1.29 is 9.90 Å². The Hall–Kier alpha value is -2.32. The van der Waals surface area contributed by atoms with Gasteiger partial charge in [-0.3, -0.25) is 4.79 Å². The molecule has 106 valence electrons. The number of benzene rings is 1. The molecule has 0 spiro atoms. The molecule has 0 unspecified atom stereocenters. The lowest BCUT2D eigenvalue weighted by molar-refractivity contribution is -0.117. The van der Waals surface area contributed by atoms with Gasteiger partial charge < -0.3 is 15.3 Å². The average Bonchev–Trinajstić information content (AvgIpc) is 2.40. The van der Waals surface area contributed by atoms with E-state index in [4.69, 9.17) is 5.26 Å². The SMILES string of the molecule is CN(C)CCCNC(=O)/C(C#N)=C/c1cccc(O)c1. The largest absolute Gasteiger partial charge is 0.508 e. The van der Waals surface area contributed by atoms with Crippen LogP contribution in [0, 0.1) is 11.3 Å². The predicted octanol–water partition coefficient (Wildman–Crippen LogP) is 1.37. The number of amides is 1. The molecule has 0 radical (unpaired) electrons. The summed E-state index contributed by atoms with van der Waals surface area (Å²) in [7, 11) is 3.93. The summed E-state index contributed by atoms with van der Waals surface area (Å²) in [6.07, 6.45) is 2.28. The van der Waals surface area contributed by atoms with Crippen LogP contribution in [0.3, 0.4) is 0 Å². The summed E-state index contributed by atoms with van der Waals surface area (Å²) in [6, 6.07) is 8.28. The number of aromatic hydroxyl groups is 1. The molecule has 0 heterocycles. The highest BCUT2D eigenvalue weighted by Gasteiger charge is 2.08. The summed E-state index contributed by atoms with van der Waals surface area (Å²) >= 11 is 0. The molecule has 1 amide bonds. The number of nitrogens with one attached hydrogen (secondary N) is 1. The Balaban J connectivity index is 2.62. The van der Waals surface area contributed by atoms with Crippen LogP contribution in [0.15, 0.2) is 29.8 Å². The first kappa shape index (κ1) is 15.7. The van der Waals surface area contributed by atoms with Crippen molar-refractivity contribution in [3.63, 3.8) is 0 Å². The molecule has 0 aliphatic rings. The maximum Gasteiger partial charge on any atom is 0.261 e. The standard InChI is InChI=1S/C15H19N3O2/c1-18(2)8-4-7-17-15(20)13(11-16)9-12-5-3-6-14(19)10-12/h3,5-6,9-10,19H,4,7-8H2,1-2H3,(H,17,20)/b13-9+. The quantitative estimate of drug-likeness (QED) is 0.466. The molecule has 0 atom stereocenters. The third-order valence-corrected chi connectivity index (χ3v) is 2.61. The van der Waals surface area contributed by atoms with Gasteiger partial charge >= 0.3 is 0 Å². The smallest absolute Gasteiger partial charge is 0.261 e. The molecule has 2 N–H and O–H groups in total. The van der Waals surface area contributed by atoms with E-state index < -0.39 is 5.91 Å². The monoisotopic (exact) mass is 273 g/mol. The molecule has 1 aromatic carbocycles. The van der Waals surface area contributed by atoms with E-state index in [-0.39, 0.29) is 11.3 Å². The minimum Gasteiger partial charge on any atom is -0.508 e. The van der Waals surface area contributed by atoms with Gasteiger partial charge in [-0.15, -0.1) is 0 Å². The molecule has 0 fully saturated rings. The molecule has 5 nitrogen and oxygen atoms in total. The van der Waals surface area contributed by atoms with Crippen molar-refractivity contribution in [2.45, 2.75) is 6.42 Å². The van der Waals surface area contributed by atoms with E-state index in [1.54, 1.807) is 12.1 Å². The second kappa shape index (κ2) is 7.97. The summed E-state index contributed by atoms with van der Waals surface area (Å²) in [4.78, 5) is 13.9. The number of carbonyl (C=O) groups is 1. The predicted molar refractivity (Wildman–Crippen MR) is 77.9 cm³/mol. The van der Waals surface area contributed by atoms with Crippen LogP contribution in [0.4, 0.5) is 0 Å². The number of nitriles is 1. The maximum atomic E-state index is 11.8. The van der Waals surface area contributed by atoms with Gasteiger partial charge in [-0.05, 0) is 50.8 Å². The maximum absolute atomic E-state index is 11.8. The van der Waals surface area contributed by atoms with Crippen molar-refractivity contribution in [2.75, 3.05) is 27.2 Å². The Kier molecular flexibility index (Phi) is 6.27. The van der Waals surface area contributed by atoms with Gasteiger partial charge in [0, 0.05) is 6.54 Å². The lowest BCUT2D eigenvalue weighted by atomic mass is 10.1. The molecule has 5 heteroatoms. The normalized spacial score (nSPS) is 11.2. The average molecular weight is 273 g/mol. The van der Waals surface area contributed by atoms with Gasteiger partial charge in [-0.2, -0.15) is 5.26 Å². The highest BCUT2D eigenvalue weighted by molar-refractivity contribution is 6.01. The second-order valence-corrected chi connectivity index (χ2v) is 4.68. The van der Waals surface area contributed by atoms with Crippen LogP contribution in [0.1, 0.15) is 12.0 Å². The molecule has 0 aliphatic carbocycles. The fourth-order valence-electron chi connectivity index (χ4n) is 1.62. The molecule has 0 aliphatic heterocycles. The fraction of sp³-hybridized carbons (Fsp3) is 0.333. The fourth-order valence-corrected chi connectivity index (χ4v) is 1.62. The number of rotatable bonds is 6. The van der Waals surface area contributed by atoms with Gasteiger partial charge in [-0.25, -0.2) is 0 Å². The van der Waals surface area contributed by atoms with Crippen molar-refractivity contribution in [2.24, 2.45) is 0 Å². The van der Waals surface area contributed by atoms with Crippen LogP contribution in [-0.4, -0.2) is 43.1 Å². The molecular weight excluding hydrogens is 254 g/mol. The lowest BCUT2D eigenvalue weighted by Crippen LogP contribution is -2.27. The number of hydrogen-bond donors (Lipinski definition) is 2. The van der Waals surface area contributed by atoms with Crippen molar-refractivity contribution in [3.8, 4) is 11.8 Å². The Morgan fingerprint density at radius 1 is 1.50 bits per heavy atom. The van der Waals surface area contributed by atoms with Gasteiger partial charge in [0.1, 0.15) is 17.4 Å². The Morgan fingerprint density at radius 2 is 2.25 bits per heavy atom. The van der Waals surface area contributed by atoms with E-state index >= 15 is 0 Å². The first-order chi connectivity index (χ1) is 9.52. The van der Waals surface area contributed by atoms with Crippen LogP contribution in [0.5, 0.6) is 5.75 Å². The Morgan fingerprint density at radius 3 is 2.85 bits per heavy atom. The topological polar surface area (TPSA) is 76.4 Å². The molecule has 0 aromatic heterocycles. The zero-order valence-electron chi connectivity index (χ0n) is 11.8. The van der Waals surface area contributed by atoms with Gasteiger partial charge in [0.2, 0.25) is 0 Å². The van der Waals surface area contributed by atoms with Crippen LogP contribution in [-0.2, 0) is 4.79 Å². The molecule has 0 bridgehead atoms. The summed E-state index contributed by atoms with van der Waals surface area (Å²) in [5, 5.41) is 21.1. The minimum absolute atomic E-state index is 0.0282. The molecular formula is C15H19N3O2.